The molecule has 12 heavy (non-hydrogen) atoms. The average Bonchev–Trinajstić information content (AvgIpc) is 2.10. The third-order valence-corrected chi connectivity index (χ3v) is 0.885. The van der Waals surface area contributed by atoms with Gasteiger partial charge in [0.25, 0.3) is 0 Å². The van der Waals surface area contributed by atoms with Crippen molar-refractivity contribution < 1.29 is 10.2 Å². The second kappa shape index (κ2) is 7.63. The second-order valence-corrected chi connectivity index (χ2v) is 1.80. The van der Waals surface area contributed by atoms with Crippen LogP contribution in [0.1, 0.15) is 0 Å². The van der Waals surface area contributed by atoms with Gasteiger partial charge in [-0.1, -0.05) is 30.6 Å². The molecule has 2 heteroatoms. The van der Waals surface area contributed by atoms with Gasteiger partial charge in [0.05, 0.1) is 6.61 Å². The van der Waals surface area contributed by atoms with E-state index in [2.05, 4.69) is 30.3 Å². The van der Waals surface area contributed by atoms with Crippen LogP contribution in [0.2, 0.25) is 0 Å². The van der Waals surface area contributed by atoms with Gasteiger partial charge in [-0.2, -0.15) is 0 Å². The molecule has 0 rings (SSSR count). The summed E-state index contributed by atoms with van der Waals surface area (Å²) in [5.74, 6) is 9.88. The van der Waals surface area contributed by atoms with E-state index in [1.807, 2.05) is 0 Å². The van der Waals surface area contributed by atoms with Crippen molar-refractivity contribution in [3.63, 3.8) is 0 Å². The molecule has 0 aromatic heterocycles. The van der Waals surface area contributed by atoms with Gasteiger partial charge in [-0.05, 0) is 17.9 Å². The molecule has 0 aliphatic carbocycles. The van der Waals surface area contributed by atoms with Crippen LogP contribution < -0.4 is 0 Å². The van der Waals surface area contributed by atoms with Crippen molar-refractivity contribution >= 4 is 0 Å². The molecule has 1 atom stereocenters. The van der Waals surface area contributed by atoms with Crippen LogP contribution >= 0.6 is 0 Å². The van der Waals surface area contributed by atoms with E-state index in [1.165, 1.54) is 18.2 Å². The van der Waals surface area contributed by atoms with Crippen LogP contribution in [-0.2, 0) is 0 Å². The molecule has 0 radical (unpaired) electrons. The highest BCUT2D eigenvalue weighted by Gasteiger charge is 1.83. The first-order valence-corrected chi connectivity index (χ1v) is 3.38. The number of hydrogen-bond acceptors (Lipinski definition) is 2. The summed E-state index contributed by atoms with van der Waals surface area (Å²) in [6, 6.07) is 0. The Balaban J connectivity index is 3.88. The number of rotatable bonds is 2. The fourth-order valence-electron chi connectivity index (χ4n) is 0.358. The van der Waals surface area contributed by atoms with E-state index in [9.17, 15) is 0 Å². The molecular formula is C10H10O2. The van der Waals surface area contributed by atoms with E-state index in [0.717, 1.165) is 0 Å². The molecule has 62 valence electrons. The molecule has 0 amide bonds. The van der Waals surface area contributed by atoms with Crippen LogP contribution in [0.5, 0.6) is 0 Å². The molecule has 0 fully saturated rings. The summed E-state index contributed by atoms with van der Waals surface area (Å²) in [6.07, 6.45) is 3.49. The van der Waals surface area contributed by atoms with Gasteiger partial charge >= 0.3 is 0 Å². The smallest absolute Gasteiger partial charge is 0.134 e. The van der Waals surface area contributed by atoms with Crippen molar-refractivity contribution in [2.75, 3.05) is 6.61 Å². The molecule has 0 saturated carbocycles. The Kier molecular flexibility index (Phi) is 6.68. The molecule has 0 unspecified atom stereocenters. The van der Waals surface area contributed by atoms with Crippen LogP contribution in [0.25, 0.3) is 0 Å². The van der Waals surface area contributed by atoms with E-state index >= 15 is 0 Å². The topological polar surface area (TPSA) is 40.5 Å². The van der Waals surface area contributed by atoms with Crippen molar-refractivity contribution in [3.05, 3.63) is 24.8 Å². The predicted octanol–water partition coefficient (Wildman–Crippen LogP) is 0.0886. The molecule has 2 N–H and O–H groups in total. The van der Waals surface area contributed by atoms with Gasteiger partial charge in [0.1, 0.15) is 6.10 Å². The van der Waals surface area contributed by atoms with E-state index < -0.39 is 6.10 Å². The summed E-state index contributed by atoms with van der Waals surface area (Å²) in [5, 5.41) is 17.1. The van der Waals surface area contributed by atoms with Crippen molar-refractivity contribution in [2.45, 2.75) is 6.10 Å². The maximum atomic E-state index is 8.84. The minimum atomic E-state index is -0.818. The van der Waals surface area contributed by atoms with E-state index in [0.29, 0.717) is 0 Å². The summed E-state index contributed by atoms with van der Waals surface area (Å²) >= 11 is 0. The molecule has 0 aromatic carbocycles. The van der Waals surface area contributed by atoms with Crippen molar-refractivity contribution in [1.29, 1.82) is 0 Å². The highest BCUT2D eigenvalue weighted by molar-refractivity contribution is 5.32. The number of allylic oxidation sites excluding steroid dienone is 1. The lowest BCUT2D eigenvalue weighted by atomic mass is 10.3. The zero-order chi connectivity index (χ0) is 9.23. The molecule has 0 heterocycles. The lowest BCUT2D eigenvalue weighted by molar-refractivity contribution is 0.281. The Morgan fingerprint density at radius 3 is 2.75 bits per heavy atom. The maximum Gasteiger partial charge on any atom is 0.134 e. The van der Waals surface area contributed by atoms with Crippen LogP contribution in [0.3, 0.4) is 0 Å². The second-order valence-electron chi connectivity index (χ2n) is 1.80. The van der Waals surface area contributed by atoms with Crippen LogP contribution in [-0.4, -0.2) is 22.9 Å². The van der Waals surface area contributed by atoms with Gasteiger partial charge in [0, 0.05) is 0 Å². The largest absolute Gasteiger partial charge is 0.392 e. The quantitative estimate of drug-likeness (QED) is 0.446. The molecule has 0 aliphatic heterocycles. The van der Waals surface area contributed by atoms with Crippen LogP contribution in [0, 0.1) is 23.7 Å². The minimum Gasteiger partial charge on any atom is -0.392 e. The zero-order valence-electron chi connectivity index (χ0n) is 6.62. The Bertz CT molecular complexity index is 268. The molecule has 2 nitrogen and oxygen atoms in total. The van der Waals surface area contributed by atoms with Crippen molar-refractivity contribution in [1.82, 2.24) is 0 Å². The third-order valence-electron chi connectivity index (χ3n) is 0.885. The highest BCUT2D eigenvalue weighted by Crippen LogP contribution is 1.76. The Morgan fingerprint density at radius 1 is 1.42 bits per heavy atom. The Morgan fingerprint density at radius 2 is 2.17 bits per heavy atom. The van der Waals surface area contributed by atoms with Crippen LogP contribution in [0.15, 0.2) is 24.8 Å². The average molecular weight is 162 g/mol. The summed E-state index contributed by atoms with van der Waals surface area (Å²) in [4.78, 5) is 0. The molecule has 0 saturated heterocycles. The fourth-order valence-corrected chi connectivity index (χ4v) is 0.358. The monoisotopic (exact) mass is 162 g/mol. The van der Waals surface area contributed by atoms with E-state index in [1.54, 1.807) is 0 Å². The van der Waals surface area contributed by atoms with Gasteiger partial charge in [0.15, 0.2) is 0 Å². The molecule has 0 aromatic rings. The number of aliphatic hydroxyl groups is 2. The van der Waals surface area contributed by atoms with Gasteiger partial charge in [-0.15, -0.1) is 0 Å². The van der Waals surface area contributed by atoms with Gasteiger partial charge in [-0.3, -0.25) is 0 Å². The summed E-state index contributed by atoms with van der Waals surface area (Å²) < 4.78 is 0. The highest BCUT2D eigenvalue weighted by atomic mass is 16.3. The van der Waals surface area contributed by atoms with Crippen LogP contribution in [0.4, 0.5) is 0 Å². The van der Waals surface area contributed by atoms with Crippen molar-refractivity contribution in [3.8, 4) is 23.7 Å². The zero-order valence-corrected chi connectivity index (χ0v) is 6.62. The number of aliphatic hydroxyl groups excluding tert-OH is 2. The standard InChI is InChI=1S/C10H10O2/c1-2-10(12)8-6-4-3-5-7-9-11/h2,5,7,10-12H,1,9H2/t10-/m0/s1. The lowest BCUT2D eigenvalue weighted by Gasteiger charge is -1.86. The Labute approximate surface area is 72.2 Å². The Hall–Kier alpha value is -1.48. The SMILES string of the molecule is C=C[C@H](O)C#CC#CC=CCO. The first-order valence-electron chi connectivity index (χ1n) is 3.38. The first-order chi connectivity index (χ1) is 5.81. The van der Waals surface area contributed by atoms with E-state index in [4.69, 9.17) is 10.2 Å². The third kappa shape index (κ3) is 6.64. The minimum absolute atomic E-state index is 0.0304. The van der Waals surface area contributed by atoms with E-state index in [-0.39, 0.29) is 6.61 Å². The first kappa shape index (κ1) is 10.5. The van der Waals surface area contributed by atoms with Gasteiger partial charge in [-0.25, -0.2) is 0 Å². The molecular weight excluding hydrogens is 152 g/mol. The summed E-state index contributed by atoms with van der Waals surface area (Å²) in [5.41, 5.74) is 0. The van der Waals surface area contributed by atoms with Crippen molar-refractivity contribution in [2.24, 2.45) is 0 Å². The summed E-state index contributed by atoms with van der Waals surface area (Å²) in [6.45, 7) is 3.31. The maximum absolute atomic E-state index is 8.84. The fraction of sp³-hybridized carbons (Fsp3) is 0.200. The summed E-state index contributed by atoms with van der Waals surface area (Å²) in [7, 11) is 0. The molecule has 0 aliphatic rings. The van der Waals surface area contributed by atoms with Gasteiger partial charge in [0.2, 0.25) is 0 Å². The molecule has 0 spiro atoms. The lowest BCUT2D eigenvalue weighted by Crippen LogP contribution is -1.94. The number of hydrogen-bond donors (Lipinski definition) is 2. The predicted molar refractivity (Wildman–Crippen MR) is 48.0 cm³/mol. The molecule has 0 bridgehead atoms. The normalized spacial score (nSPS) is 10.8. The van der Waals surface area contributed by atoms with Gasteiger partial charge < -0.3 is 10.2 Å².